The third-order valence-corrected chi connectivity index (χ3v) is 7.08. The maximum Gasteiger partial charge on any atom is 0.256 e. The summed E-state index contributed by atoms with van der Waals surface area (Å²) in [5, 5.41) is 2.89. The summed E-state index contributed by atoms with van der Waals surface area (Å²) in [6.07, 6.45) is 1.10. The highest BCUT2D eigenvalue weighted by molar-refractivity contribution is 6.14. The summed E-state index contributed by atoms with van der Waals surface area (Å²) in [6.45, 7) is 4.31. The summed E-state index contributed by atoms with van der Waals surface area (Å²) in [5.74, 6) is -1.69. The van der Waals surface area contributed by atoms with E-state index in [1.54, 1.807) is 18.2 Å². The number of ether oxygens (including phenoxy) is 2. The van der Waals surface area contributed by atoms with Gasteiger partial charge in [-0.25, -0.2) is 8.78 Å². The highest BCUT2D eigenvalue weighted by Gasteiger charge is 2.24. The second-order valence-electron chi connectivity index (χ2n) is 9.47. The molecule has 2 heterocycles. The van der Waals surface area contributed by atoms with Gasteiger partial charge in [-0.2, -0.15) is 0 Å². The average molecular weight is 521 g/mol. The van der Waals surface area contributed by atoms with Gasteiger partial charge in [-0.3, -0.25) is 9.79 Å². The van der Waals surface area contributed by atoms with Gasteiger partial charge >= 0.3 is 0 Å². The third-order valence-electron chi connectivity index (χ3n) is 7.08. The first-order chi connectivity index (χ1) is 18.4. The van der Waals surface area contributed by atoms with Crippen molar-refractivity contribution in [1.82, 2.24) is 10.2 Å². The van der Waals surface area contributed by atoms with Crippen LogP contribution < -0.4 is 19.7 Å². The van der Waals surface area contributed by atoms with Gasteiger partial charge in [0.1, 0.15) is 5.84 Å². The summed E-state index contributed by atoms with van der Waals surface area (Å²) in [6, 6.07) is 13.7. The van der Waals surface area contributed by atoms with Crippen molar-refractivity contribution in [2.75, 3.05) is 52.3 Å². The molecule has 7 nitrogen and oxygen atoms in total. The number of fused-ring (bicyclic) bond motifs is 1. The average Bonchev–Trinajstić information content (AvgIpc) is 3.19. The van der Waals surface area contributed by atoms with Crippen LogP contribution in [0.2, 0.25) is 0 Å². The highest BCUT2D eigenvalue weighted by Crippen LogP contribution is 2.38. The van der Waals surface area contributed by atoms with E-state index in [0.717, 1.165) is 43.9 Å². The van der Waals surface area contributed by atoms with E-state index >= 15 is 0 Å². The lowest BCUT2D eigenvalue weighted by molar-refractivity contribution is 0.0977. The number of halogens is 2. The standard InChI is InChI=1S/C29H30F2N4O3/c1-34-11-4-12-35(14-13-34)21-8-5-18(6-9-21)29(36)33-28-22-10-7-19(15-20(22)17-32-28)25-26(30)23(37-2)16-24(38-3)27(25)31/h5-10,15-16H,4,11-14,17H2,1-3H3,(H,32,33,36). The fourth-order valence-electron chi connectivity index (χ4n) is 4.91. The van der Waals surface area contributed by atoms with Crippen LogP contribution in [0, 0.1) is 11.6 Å². The van der Waals surface area contributed by atoms with E-state index in [1.165, 1.54) is 20.3 Å². The Labute approximate surface area is 220 Å². The van der Waals surface area contributed by atoms with E-state index < -0.39 is 11.6 Å². The van der Waals surface area contributed by atoms with E-state index in [1.807, 2.05) is 24.3 Å². The van der Waals surface area contributed by atoms with Gasteiger partial charge < -0.3 is 24.6 Å². The number of carbonyl (C=O) groups is 1. The predicted molar refractivity (Wildman–Crippen MR) is 143 cm³/mol. The van der Waals surface area contributed by atoms with Crippen LogP contribution in [-0.4, -0.2) is 64.1 Å². The maximum atomic E-state index is 15.0. The van der Waals surface area contributed by atoms with Crippen LogP contribution in [-0.2, 0) is 6.54 Å². The summed E-state index contributed by atoms with van der Waals surface area (Å²) >= 11 is 0. The SMILES string of the molecule is COc1cc(OC)c(F)c(-c2ccc3c(c2)CN=C3NC(=O)c2ccc(N3CCCN(C)CC3)cc2)c1F. The number of hydrogen-bond acceptors (Lipinski definition) is 6. The van der Waals surface area contributed by atoms with E-state index in [0.29, 0.717) is 22.5 Å². The number of amides is 1. The molecule has 5 rings (SSSR count). The van der Waals surface area contributed by atoms with Crippen LogP contribution in [0.4, 0.5) is 14.5 Å². The minimum atomic E-state index is -0.811. The normalized spacial score (nSPS) is 15.5. The van der Waals surface area contributed by atoms with Gasteiger partial charge in [-0.1, -0.05) is 12.1 Å². The smallest absolute Gasteiger partial charge is 0.256 e. The largest absolute Gasteiger partial charge is 0.494 e. The van der Waals surface area contributed by atoms with Crippen molar-refractivity contribution in [2.24, 2.45) is 4.99 Å². The number of likely N-dealkylation sites (N-methyl/N-ethyl adjacent to an activating group) is 1. The van der Waals surface area contributed by atoms with E-state index in [2.05, 4.69) is 27.2 Å². The molecule has 0 radical (unpaired) electrons. The van der Waals surface area contributed by atoms with Crippen molar-refractivity contribution in [1.29, 1.82) is 0 Å². The summed E-state index contributed by atoms with van der Waals surface area (Å²) in [7, 11) is 4.76. The van der Waals surface area contributed by atoms with Crippen LogP contribution in [0.5, 0.6) is 11.5 Å². The Kier molecular flexibility index (Phi) is 7.28. The van der Waals surface area contributed by atoms with E-state index in [9.17, 15) is 13.6 Å². The molecular weight excluding hydrogens is 490 g/mol. The molecule has 2 aliphatic rings. The molecule has 0 aromatic heterocycles. The number of rotatable bonds is 5. The zero-order chi connectivity index (χ0) is 26.8. The van der Waals surface area contributed by atoms with Crippen molar-refractivity contribution >= 4 is 17.4 Å². The summed E-state index contributed by atoms with van der Waals surface area (Å²) < 4.78 is 40.1. The van der Waals surface area contributed by atoms with Crippen molar-refractivity contribution in [3.05, 3.63) is 76.9 Å². The van der Waals surface area contributed by atoms with Crippen molar-refractivity contribution in [3.8, 4) is 22.6 Å². The number of amidine groups is 1. The molecule has 1 saturated heterocycles. The Hall–Kier alpha value is -3.98. The van der Waals surface area contributed by atoms with Crippen LogP contribution in [0.3, 0.4) is 0 Å². The molecule has 0 aliphatic carbocycles. The monoisotopic (exact) mass is 520 g/mol. The Balaban J connectivity index is 1.32. The van der Waals surface area contributed by atoms with Crippen molar-refractivity contribution in [2.45, 2.75) is 13.0 Å². The molecule has 1 fully saturated rings. The van der Waals surface area contributed by atoms with E-state index in [4.69, 9.17) is 9.47 Å². The highest BCUT2D eigenvalue weighted by atomic mass is 19.1. The third kappa shape index (κ3) is 4.93. The molecule has 1 amide bonds. The second-order valence-corrected chi connectivity index (χ2v) is 9.47. The first kappa shape index (κ1) is 25.7. The van der Waals surface area contributed by atoms with Gasteiger partial charge in [0.05, 0.1) is 26.3 Å². The molecule has 0 bridgehead atoms. The molecule has 3 aromatic rings. The number of methoxy groups -OCH3 is 2. The number of anilines is 1. The topological polar surface area (TPSA) is 66.4 Å². The minimum absolute atomic E-state index is 0.114. The van der Waals surface area contributed by atoms with E-state index in [-0.39, 0.29) is 29.5 Å². The predicted octanol–water partition coefficient (Wildman–Crippen LogP) is 4.48. The molecule has 3 aromatic carbocycles. The van der Waals surface area contributed by atoms with Gasteiger partial charge in [-0.15, -0.1) is 0 Å². The van der Waals surface area contributed by atoms with Crippen LogP contribution in [0.1, 0.15) is 27.9 Å². The molecular formula is C29H30F2N4O3. The number of aliphatic imine (C=N–C) groups is 1. The van der Waals surface area contributed by atoms with Crippen LogP contribution in [0.25, 0.3) is 11.1 Å². The minimum Gasteiger partial charge on any atom is -0.494 e. The van der Waals surface area contributed by atoms with Crippen LogP contribution in [0.15, 0.2) is 53.5 Å². The molecule has 1 N–H and O–H groups in total. The lowest BCUT2D eigenvalue weighted by Crippen LogP contribution is -2.31. The lowest BCUT2D eigenvalue weighted by Gasteiger charge is -2.23. The molecule has 0 spiro atoms. The Morgan fingerprint density at radius 3 is 2.32 bits per heavy atom. The quantitative estimate of drug-likeness (QED) is 0.538. The number of nitrogens with zero attached hydrogens (tertiary/aromatic N) is 3. The maximum absolute atomic E-state index is 15.0. The number of carbonyl (C=O) groups excluding carboxylic acids is 1. The van der Waals surface area contributed by atoms with Crippen LogP contribution >= 0.6 is 0 Å². The number of nitrogens with one attached hydrogen (secondary N) is 1. The molecule has 0 unspecified atom stereocenters. The van der Waals surface area contributed by atoms with Crippen molar-refractivity contribution in [3.63, 3.8) is 0 Å². The second kappa shape index (κ2) is 10.8. The van der Waals surface area contributed by atoms with Gasteiger partial charge in [0.2, 0.25) is 0 Å². The fourth-order valence-corrected chi connectivity index (χ4v) is 4.91. The Bertz CT molecular complexity index is 1360. The Morgan fingerprint density at radius 1 is 0.921 bits per heavy atom. The molecule has 198 valence electrons. The number of hydrogen-bond donors (Lipinski definition) is 1. The first-order valence-corrected chi connectivity index (χ1v) is 12.5. The number of benzene rings is 3. The van der Waals surface area contributed by atoms with Gasteiger partial charge in [0.25, 0.3) is 5.91 Å². The summed E-state index contributed by atoms with van der Waals surface area (Å²) in [5.41, 5.74) is 3.18. The molecule has 0 atom stereocenters. The summed E-state index contributed by atoms with van der Waals surface area (Å²) in [4.78, 5) is 22.1. The zero-order valence-corrected chi connectivity index (χ0v) is 21.7. The van der Waals surface area contributed by atoms with Gasteiger partial charge in [0, 0.05) is 42.5 Å². The zero-order valence-electron chi connectivity index (χ0n) is 21.7. The van der Waals surface area contributed by atoms with Gasteiger partial charge in [0.15, 0.2) is 23.1 Å². The fraction of sp³-hybridized carbons (Fsp3) is 0.310. The van der Waals surface area contributed by atoms with Gasteiger partial charge in [-0.05, 0) is 61.5 Å². The first-order valence-electron chi connectivity index (χ1n) is 12.5. The molecule has 0 saturated carbocycles. The lowest BCUT2D eigenvalue weighted by atomic mass is 9.98. The van der Waals surface area contributed by atoms with Crippen molar-refractivity contribution < 1.29 is 23.0 Å². The molecule has 2 aliphatic heterocycles. The molecule has 38 heavy (non-hydrogen) atoms. The molecule has 9 heteroatoms. The Morgan fingerprint density at radius 2 is 1.63 bits per heavy atom.